The van der Waals surface area contributed by atoms with Crippen molar-refractivity contribution < 1.29 is 9.59 Å². The molecule has 1 fully saturated rings. The van der Waals surface area contributed by atoms with Gasteiger partial charge in [0.25, 0.3) is 5.91 Å². The molecule has 1 saturated carbocycles. The van der Waals surface area contributed by atoms with Crippen molar-refractivity contribution in [2.75, 3.05) is 0 Å². The van der Waals surface area contributed by atoms with Gasteiger partial charge in [0.05, 0.1) is 19.0 Å². The van der Waals surface area contributed by atoms with Gasteiger partial charge in [0.2, 0.25) is 5.91 Å². The highest BCUT2D eigenvalue weighted by Crippen LogP contribution is 2.35. The van der Waals surface area contributed by atoms with Gasteiger partial charge in [-0.2, -0.15) is 5.10 Å². The Morgan fingerprint density at radius 3 is 2.43 bits per heavy atom. The highest BCUT2D eigenvalue weighted by molar-refractivity contribution is 7.71. The van der Waals surface area contributed by atoms with E-state index in [-0.39, 0.29) is 24.8 Å². The lowest BCUT2D eigenvalue weighted by Crippen LogP contribution is -2.34. The van der Waals surface area contributed by atoms with Crippen LogP contribution in [0.3, 0.4) is 0 Å². The molecule has 7 nitrogen and oxygen atoms in total. The van der Waals surface area contributed by atoms with E-state index in [9.17, 15) is 9.59 Å². The second-order valence-corrected chi connectivity index (χ2v) is 7.72. The van der Waals surface area contributed by atoms with E-state index in [1.807, 2.05) is 53.1 Å². The van der Waals surface area contributed by atoms with Crippen LogP contribution in [0.2, 0.25) is 0 Å². The van der Waals surface area contributed by atoms with Crippen LogP contribution in [-0.2, 0) is 11.3 Å². The lowest BCUT2D eigenvalue weighted by Gasteiger charge is -2.19. The first-order valence-corrected chi connectivity index (χ1v) is 10.4. The molecule has 0 radical (unpaired) electrons. The van der Waals surface area contributed by atoms with Gasteiger partial charge in [0, 0.05) is 11.6 Å². The van der Waals surface area contributed by atoms with Crippen LogP contribution in [0.25, 0.3) is 0 Å². The van der Waals surface area contributed by atoms with Gasteiger partial charge in [-0.05, 0) is 42.8 Å². The van der Waals surface area contributed by atoms with E-state index in [1.165, 1.54) is 0 Å². The van der Waals surface area contributed by atoms with Crippen LogP contribution in [0.15, 0.2) is 60.7 Å². The van der Waals surface area contributed by atoms with Crippen LogP contribution in [0.5, 0.6) is 0 Å². The number of carbonyl (C=O) groups is 2. The fraction of sp³-hybridized carbons (Fsp3) is 0.273. The van der Waals surface area contributed by atoms with Crippen LogP contribution in [-0.4, -0.2) is 26.6 Å². The van der Waals surface area contributed by atoms with Crippen LogP contribution in [0.4, 0.5) is 0 Å². The minimum atomic E-state index is -0.442. The molecule has 30 heavy (non-hydrogen) atoms. The Hall–Kier alpha value is -3.26. The number of nitrogens with one attached hydrogen (secondary N) is 3. The number of H-pyrrole nitrogens is 1. The third kappa shape index (κ3) is 4.83. The minimum Gasteiger partial charge on any atom is -0.349 e. The number of aromatic nitrogens is 3. The Bertz CT molecular complexity index is 1070. The van der Waals surface area contributed by atoms with Crippen LogP contribution in [0.1, 0.15) is 53.1 Å². The van der Waals surface area contributed by atoms with Crippen molar-refractivity contribution >= 4 is 24.0 Å². The predicted molar refractivity (Wildman–Crippen MR) is 115 cm³/mol. The molecule has 0 spiro atoms. The summed E-state index contributed by atoms with van der Waals surface area (Å²) in [6.45, 7) is 0.288. The summed E-state index contributed by atoms with van der Waals surface area (Å²) in [7, 11) is 0. The van der Waals surface area contributed by atoms with Crippen molar-refractivity contribution in [1.29, 1.82) is 0 Å². The number of benzene rings is 2. The van der Waals surface area contributed by atoms with E-state index >= 15 is 0 Å². The highest BCUT2D eigenvalue weighted by atomic mass is 32.1. The number of aromatic amines is 1. The molecule has 1 atom stereocenters. The molecule has 8 heteroatoms. The largest absolute Gasteiger partial charge is 0.349 e. The maximum Gasteiger partial charge on any atom is 0.251 e. The maximum absolute atomic E-state index is 12.7. The van der Waals surface area contributed by atoms with E-state index < -0.39 is 6.04 Å². The zero-order valence-electron chi connectivity index (χ0n) is 16.4. The summed E-state index contributed by atoms with van der Waals surface area (Å²) in [6.07, 6.45) is 2.28. The number of nitrogens with zero attached hydrogens (tertiary/aromatic N) is 2. The molecule has 3 N–H and O–H groups in total. The van der Waals surface area contributed by atoms with Gasteiger partial charge in [0.1, 0.15) is 0 Å². The molecule has 1 aliphatic carbocycles. The van der Waals surface area contributed by atoms with Crippen molar-refractivity contribution in [2.45, 2.75) is 37.9 Å². The van der Waals surface area contributed by atoms with Crippen LogP contribution in [0, 0.1) is 4.77 Å². The van der Waals surface area contributed by atoms with E-state index in [1.54, 1.807) is 12.1 Å². The Balaban J connectivity index is 1.43. The fourth-order valence-electron chi connectivity index (χ4n) is 3.38. The molecule has 1 unspecified atom stereocenters. The van der Waals surface area contributed by atoms with Gasteiger partial charge in [-0.3, -0.25) is 19.3 Å². The first kappa shape index (κ1) is 20.0. The number of hydrogen-bond acceptors (Lipinski definition) is 4. The number of rotatable bonds is 8. The summed E-state index contributed by atoms with van der Waals surface area (Å²) >= 11 is 5.28. The summed E-state index contributed by atoms with van der Waals surface area (Å²) < 4.78 is 2.56. The molecule has 1 heterocycles. The maximum atomic E-state index is 12.7. The van der Waals surface area contributed by atoms with Crippen molar-refractivity contribution in [2.24, 2.45) is 0 Å². The average molecular weight is 422 g/mol. The van der Waals surface area contributed by atoms with Crippen molar-refractivity contribution in [3.8, 4) is 0 Å². The van der Waals surface area contributed by atoms with E-state index in [2.05, 4.69) is 20.8 Å². The third-order valence-electron chi connectivity index (χ3n) is 5.07. The quantitative estimate of drug-likeness (QED) is 0.486. The van der Waals surface area contributed by atoms with Gasteiger partial charge in [0.15, 0.2) is 10.6 Å². The molecule has 2 amide bonds. The molecule has 1 aliphatic rings. The average Bonchev–Trinajstić information content (AvgIpc) is 3.55. The summed E-state index contributed by atoms with van der Waals surface area (Å²) in [5.41, 5.74) is 1.43. The Labute approximate surface area is 179 Å². The Kier molecular flexibility index (Phi) is 6.04. The smallest absolute Gasteiger partial charge is 0.251 e. The second-order valence-electron chi connectivity index (χ2n) is 7.33. The van der Waals surface area contributed by atoms with Gasteiger partial charge < -0.3 is 10.6 Å². The highest BCUT2D eigenvalue weighted by Gasteiger charge is 2.27. The monoisotopic (exact) mass is 421 g/mol. The van der Waals surface area contributed by atoms with Crippen molar-refractivity contribution in [3.05, 3.63) is 82.4 Å². The van der Waals surface area contributed by atoms with Crippen molar-refractivity contribution in [1.82, 2.24) is 25.4 Å². The molecule has 0 saturated heterocycles. The molecule has 0 bridgehead atoms. The lowest BCUT2D eigenvalue weighted by molar-refractivity contribution is -0.121. The first-order chi connectivity index (χ1) is 14.6. The summed E-state index contributed by atoms with van der Waals surface area (Å²) in [5.74, 6) is 0.334. The van der Waals surface area contributed by atoms with Gasteiger partial charge in [-0.15, -0.1) is 0 Å². The summed E-state index contributed by atoms with van der Waals surface area (Å²) in [5, 5.41) is 12.9. The summed E-state index contributed by atoms with van der Waals surface area (Å²) in [6, 6.07) is 18.4. The predicted octanol–water partition coefficient (Wildman–Crippen LogP) is 3.45. The van der Waals surface area contributed by atoms with E-state index in [0.717, 1.165) is 24.2 Å². The Morgan fingerprint density at radius 2 is 1.77 bits per heavy atom. The van der Waals surface area contributed by atoms with Crippen LogP contribution >= 0.6 is 12.2 Å². The second kappa shape index (κ2) is 9.04. The topological polar surface area (TPSA) is 91.8 Å². The van der Waals surface area contributed by atoms with Gasteiger partial charge in [-0.1, -0.05) is 48.5 Å². The zero-order chi connectivity index (χ0) is 20.9. The fourth-order valence-corrected chi connectivity index (χ4v) is 3.68. The normalized spacial score (nSPS) is 14.1. The molecule has 3 aromatic rings. The van der Waals surface area contributed by atoms with E-state index in [0.29, 0.717) is 16.4 Å². The van der Waals surface area contributed by atoms with Crippen LogP contribution < -0.4 is 10.6 Å². The molecule has 154 valence electrons. The van der Waals surface area contributed by atoms with E-state index in [4.69, 9.17) is 12.2 Å². The molecular formula is C22H23N5O2S. The molecular weight excluding hydrogens is 398 g/mol. The molecule has 0 aliphatic heterocycles. The SMILES string of the molecule is O=C(CC(NC(=O)c1ccccc1)c1ccccc1)NCc1n[nH]c(=S)n1C1CC1. The summed E-state index contributed by atoms with van der Waals surface area (Å²) in [4.78, 5) is 25.3. The standard InChI is InChI=1S/C22H23N5O2S/c28-20(23-14-19-25-26-22(30)27(19)17-11-12-17)13-18(15-7-3-1-4-8-15)24-21(29)16-9-5-2-6-10-16/h1-10,17-18H,11-14H2,(H,23,28)(H,24,29)(H,26,30). The molecule has 1 aromatic heterocycles. The van der Waals surface area contributed by atoms with Gasteiger partial charge >= 0.3 is 0 Å². The van der Waals surface area contributed by atoms with Crippen molar-refractivity contribution in [3.63, 3.8) is 0 Å². The van der Waals surface area contributed by atoms with Gasteiger partial charge in [-0.25, -0.2) is 0 Å². The first-order valence-electron chi connectivity index (χ1n) is 9.95. The number of carbonyl (C=O) groups excluding carboxylic acids is 2. The lowest BCUT2D eigenvalue weighted by atomic mass is 10.0. The molecule has 4 rings (SSSR count). The number of amides is 2. The minimum absolute atomic E-state index is 0.122. The number of hydrogen-bond donors (Lipinski definition) is 3. The Morgan fingerprint density at radius 1 is 1.10 bits per heavy atom. The zero-order valence-corrected chi connectivity index (χ0v) is 17.2. The molecule has 2 aromatic carbocycles. The third-order valence-corrected chi connectivity index (χ3v) is 5.35.